The molecule has 0 spiro atoms. The van der Waals surface area contributed by atoms with Crippen LogP contribution in [0.2, 0.25) is 5.02 Å². The van der Waals surface area contributed by atoms with Gasteiger partial charge in [-0.2, -0.15) is 0 Å². The highest BCUT2D eigenvalue weighted by atomic mass is 35.5. The second kappa shape index (κ2) is 6.71. The molecule has 0 bridgehead atoms. The number of hydrogen-bond acceptors (Lipinski definition) is 3. The Morgan fingerprint density at radius 2 is 2.11 bits per heavy atom. The Morgan fingerprint density at radius 3 is 2.74 bits per heavy atom. The van der Waals surface area contributed by atoms with E-state index in [0.717, 1.165) is 37.7 Å². The topological polar surface area (TPSA) is 32.5 Å². The summed E-state index contributed by atoms with van der Waals surface area (Å²) in [5.41, 5.74) is 8.54. The van der Waals surface area contributed by atoms with Gasteiger partial charge in [0, 0.05) is 37.2 Å². The van der Waals surface area contributed by atoms with Crippen LogP contribution in [0, 0.1) is 0 Å². The Morgan fingerprint density at radius 1 is 1.37 bits per heavy atom. The summed E-state index contributed by atoms with van der Waals surface area (Å²) in [5.74, 6) is 0. The fourth-order valence-corrected chi connectivity index (χ4v) is 3.13. The van der Waals surface area contributed by atoms with Gasteiger partial charge in [-0.05, 0) is 30.3 Å². The summed E-state index contributed by atoms with van der Waals surface area (Å²) in [6.07, 6.45) is 0. The van der Waals surface area contributed by atoms with Crippen LogP contribution in [0.15, 0.2) is 18.2 Å². The van der Waals surface area contributed by atoms with Crippen molar-refractivity contribution in [2.45, 2.75) is 26.4 Å². The fraction of sp³-hybridized carbons (Fsp3) is 0.600. The van der Waals surface area contributed by atoms with E-state index in [9.17, 15) is 0 Å². The minimum absolute atomic E-state index is 0.323. The van der Waals surface area contributed by atoms with Gasteiger partial charge in [0.25, 0.3) is 0 Å². The number of hydrogen-bond donors (Lipinski definition) is 1. The zero-order valence-corrected chi connectivity index (χ0v) is 12.7. The summed E-state index contributed by atoms with van der Waals surface area (Å²) < 4.78 is 0. The van der Waals surface area contributed by atoms with Crippen LogP contribution in [-0.4, -0.2) is 42.5 Å². The predicted molar refractivity (Wildman–Crippen MR) is 81.4 cm³/mol. The molecule has 1 heterocycles. The SMILES string of the molecule is CCN(CC)CCN1Cc2c(Cl)cccc2C1CN. The maximum Gasteiger partial charge on any atom is 0.0478 e. The molecule has 0 amide bonds. The normalized spacial score (nSPS) is 19.1. The molecule has 1 unspecified atom stereocenters. The van der Waals surface area contributed by atoms with Crippen LogP contribution in [0.3, 0.4) is 0 Å². The van der Waals surface area contributed by atoms with Gasteiger partial charge in [-0.3, -0.25) is 4.90 Å². The molecule has 1 atom stereocenters. The van der Waals surface area contributed by atoms with Crippen molar-refractivity contribution in [3.8, 4) is 0 Å². The molecule has 0 aromatic heterocycles. The molecule has 2 rings (SSSR count). The van der Waals surface area contributed by atoms with Crippen molar-refractivity contribution in [2.75, 3.05) is 32.7 Å². The molecule has 1 aliphatic heterocycles. The van der Waals surface area contributed by atoms with Crippen LogP contribution in [0.1, 0.15) is 31.0 Å². The Bertz CT molecular complexity index is 418. The van der Waals surface area contributed by atoms with Crippen LogP contribution in [0.4, 0.5) is 0 Å². The van der Waals surface area contributed by atoms with Gasteiger partial charge >= 0.3 is 0 Å². The summed E-state index contributed by atoms with van der Waals surface area (Å²) >= 11 is 6.30. The van der Waals surface area contributed by atoms with Crippen LogP contribution in [0.5, 0.6) is 0 Å². The van der Waals surface area contributed by atoms with Gasteiger partial charge in [-0.15, -0.1) is 0 Å². The van der Waals surface area contributed by atoms with E-state index < -0.39 is 0 Å². The Labute approximate surface area is 121 Å². The van der Waals surface area contributed by atoms with E-state index >= 15 is 0 Å². The number of likely N-dealkylation sites (N-methyl/N-ethyl adjacent to an activating group) is 1. The molecule has 3 nitrogen and oxygen atoms in total. The fourth-order valence-electron chi connectivity index (χ4n) is 2.88. The second-order valence-electron chi connectivity index (χ2n) is 5.06. The Kier molecular flexibility index (Phi) is 5.22. The molecule has 1 aromatic carbocycles. The number of halogens is 1. The van der Waals surface area contributed by atoms with E-state index in [0.29, 0.717) is 12.6 Å². The standard InChI is InChI=1S/C15H24ClN3/c1-3-18(4-2)8-9-19-11-13-12(15(19)10-17)6-5-7-14(13)16/h5-7,15H,3-4,8-11,17H2,1-2H3. The zero-order chi connectivity index (χ0) is 13.8. The second-order valence-corrected chi connectivity index (χ2v) is 5.46. The molecule has 1 aliphatic rings. The van der Waals surface area contributed by atoms with Crippen molar-refractivity contribution in [1.29, 1.82) is 0 Å². The third kappa shape index (κ3) is 3.11. The predicted octanol–water partition coefficient (Wildman–Crippen LogP) is 2.50. The highest BCUT2D eigenvalue weighted by molar-refractivity contribution is 6.31. The number of fused-ring (bicyclic) bond motifs is 1. The first kappa shape index (κ1) is 14.8. The quantitative estimate of drug-likeness (QED) is 0.870. The van der Waals surface area contributed by atoms with Crippen molar-refractivity contribution in [1.82, 2.24) is 9.80 Å². The van der Waals surface area contributed by atoms with Crippen molar-refractivity contribution in [3.05, 3.63) is 34.3 Å². The lowest BCUT2D eigenvalue weighted by Gasteiger charge is -2.27. The summed E-state index contributed by atoms with van der Waals surface area (Å²) in [5, 5.41) is 0.876. The lowest BCUT2D eigenvalue weighted by molar-refractivity contribution is 0.180. The first-order valence-electron chi connectivity index (χ1n) is 7.15. The first-order valence-corrected chi connectivity index (χ1v) is 7.52. The molecule has 19 heavy (non-hydrogen) atoms. The van der Waals surface area contributed by atoms with Gasteiger partial charge < -0.3 is 10.6 Å². The molecule has 106 valence electrons. The molecular formula is C15H24ClN3. The van der Waals surface area contributed by atoms with Crippen molar-refractivity contribution >= 4 is 11.6 Å². The van der Waals surface area contributed by atoms with E-state index in [4.69, 9.17) is 17.3 Å². The summed E-state index contributed by atoms with van der Waals surface area (Å²) in [6, 6.07) is 6.49. The van der Waals surface area contributed by atoms with Gasteiger partial charge in [0.15, 0.2) is 0 Å². The molecule has 0 saturated carbocycles. The monoisotopic (exact) mass is 281 g/mol. The lowest BCUT2D eigenvalue weighted by atomic mass is 10.1. The maximum atomic E-state index is 6.30. The van der Waals surface area contributed by atoms with Gasteiger partial charge in [0.2, 0.25) is 0 Å². The highest BCUT2D eigenvalue weighted by Crippen LogP contribution is 2.36. The minimum Gasteiger partial charge on any atom is -0.329 e. The smallest absolute Gasteiger partial charge is 0.0478 e. The molecule has 4 heteroatoms. The number of rotatable bonds is 6. The van der Waals surface area contributed by atoms with E-state index in [1.807, 2.05) is 12.1 Å². The molecule has 0 radical (unpaired) electrons. The van der Waals surface area contributed by atoms with E-state index in [1.54, 1.807) is 0 Å². The largest absolute Gasteiger partial charge is 0.329 e. The summed E-state index contributed by atoms with van der Waals surface area (Å²) in [6.45, 7) is 10.4. The highest BCUT2D eigenvalue weighted by Gasteiger charge is 2.30. The third-order valence-electron chi connectivity index (χ3n) is 4.14. The molecule has 1 aromatic rings. The van der Waals surface area contributed by atoms with E-state index in [-0.39, 0.29) is 0 Å². The lowest BCUT2D eigenvalue weighted by Crippen LogP contribution is -2.36. The van der Waals surface area contributed by atoms with Crippen molar-refractivity contribution < 1.29 is 0 Å². The molecule has 0 fully saturated rings. The minimum atomic E-state index is 0.323. The maximum absolute atomic E-state index is 6.30. The van der Waals surface area contributed by atoms with Gasteiger partial charge in [-0.1, -0.05) is 37.6 Å². The van der Waals surface area contributed by atoms with E-state index in [2.05, 4.69) is 29.7 Å². The molecule has 2 N–H and O–H groups in total. The Hall–Kier alpha value is -0.610. The van der Waals surface area contributed by atoms with Crippen LogP contribution >= 0.6 is 11.6 Å². The molecular weight excluding hydrogens is 258 g/mol. The number of nitrogens with zero attached hydrogens (tertiary/aromatic N) is 2. The first-order chi connectivity index (χ1) is 9.21. The van der Waals surface area contributed by atoms with Gasteiger partial charge in [0.05, 0.1) is 0 Å². The average molecular weight is 282 g/mol. The average Bonchev–Trinajstić information content (AvgIpc) is 2.79. The van der Waals surface area contributed by atoms with Crippen molar-refractivity contribution in [3.63, 3.8) is 0 Å². The Balaban J connectivity index is 2.07. The molecule has 0 saturated heterocycles. The van der Waals surface area contributed by atoms with Crippen LogP contribution in [-0.2, 0) is 6.54 Å². The van der Waals surface area contributed by atoms with E-state index in [1.165, 1.54) is 11.1 Å². The van der Waals surface area contributed by atoms with Gasteiger partial charge in [0.1, 0.15) is 0 Å². The third-order valence-corrected chi connectivity index (χ3v) is 4.49. The van der Waals surface area contributed by atoms with Gasteiger partial charge in [-0.25, -0.2) is 0 Å². The molecule has 0 aliphatic carbocycles. The number of nitrogens with two attached hydrogens (primary N) is 1. The zero-order valence-electron chi connectivity index (χ0n) is 11.9. The summed E-state index contributed by atoms with van der Waals surface area (Å²) in [7, 11) is 0. The van der Waals surface area contributed by atoms with Crippen molar-refractivity contribution in [2.24, 2.45) is 5.73 Å². The van der Waals surface area contributed by atoms with Crippen LogP contribution < -0.4 is 5.73 Å². The number of benzene rings is 1. The van der Waals surface area contributed by atoms with Crippen LogP contribution in [0.25, 0.3) is 0 Å². The summed E-state index contributed by atoms with van der Waals surface area (Å²) in [4.78, 5) is 4.90.